The second kappa shape index (κ2) is 12.2. The quantitative estimate of drug-likeness (QED) is 0.310. The van der Waals surface area contributed by atoms with E-state index in [-0.39, 0.29) is 24.2 Å². The maximum Gasteiger partial charge on any atom is 0.359 e. The van der Waals surface area contributed by atoms with E-state index in [4.69, 9.17) is 9.47 Å². The first-order chi connectivity index (χ1) is 20.4. The number of aromatic nitrogens is 2. The van der Waals surface area contributed by atoms with E-state index in [2.05, 4.69) is 10.4 Å². The van der Waals surface area contributed by atoms with Gasteiger partial charge in [0.2, 0.25) is 0 Å². The van der Waals surface area contributed by atoms with Gasteiger partial charge in [0.15, 0.2) is 5.69 Å². The van der Waals surface area contributed by atoms with Crippen LogP contribution in [0.15, 0.2) is 72.8 Å². The normalized spacial score (nSPS) is 12.5. The lowest BCUT2D eigenvalue weighted by Gasteiger charge is -2.28. The molecule has 1 N–H and O–H groups in total. The average molecular weight is 568 g/mol. The molecule has 0 aliphatic carbocycles. The van der Waals surface area contributed by atoms with Crippen LogP contribution in [0.1, 0.15) is 39.0 Å². The molecule has 1 aromatic heterocycles. The lowest BCUT2D eigenvalue weighted by Crippen LogP contribution is -2.39. The molecule has 1 aliphatic heterocycles. The Morgan fingerprint density at radius 1 is 1.00 bits per heavy atom. The van der Waals surface area contributed by atoms with Crippen molar-refractivity contribution in [2.45, 2.75) is 19.9 Å². The summed E-state index contributed by atoms with van der Waals surface area (Å²) in [5, 5.41) is 7.19. The van der Waals surface area contributed by atoms with Crippen LogP contribution in [0.2, 0.25) is 0 Å². The molecule has 0 bridgehead atoms. The number of nitrogens with one attached hydrogen (secondary N) is 1. The van der Waals surface area contributed by atoms with E-state index in [1.165, 1.54) is 4.68 Å². The minimum absolute atomic E-state index is 0.157. The highest BCUT2D eigenvalue weighted by molar-refractivity contribution is 6.09. The fourth-order valence-corrected chi connectivity index (χ4v) is 5.16. The van der Waals surface area contributed by atoms with Gasteiger partial charge in [-0.1, -0.05) is 36.4 Å². The minimum atomic E-state index is -0.549. The number of methoxy groups -OCH3 is 1. The summed E-state index contributed by atoms with van der Waals surface area (Å²) in [6, 6.07) is 22.7. The number of rotatable bonds is 8. The van der Waals surface area contributed by atoms with Gasteiger partial charge in [-0.05, 0) is 66.4 Å². The van der Waals surface area contributed by atoms with Crippen LogP contribution in [0.3, 0.4) is 0 Å². The van der Waals surface area contributed by atoms with Gasteiger partial charge < -0.3 is 24.6 Å². The molecular weight excluding hydrogens is 534 g/mol. The molecule has 42 heavy (non-hydrogen) atoms. The van der Waals surface area contributed by atoms with E-state index in [1.807, 2.05) is 48.5 Å². The second-order valence-electron chi connectivity index (χ2n) is 9.83. The van der Waals surface area contributed by atoms with Gasteiger partial charge in [-0.25, -0.2) is 14.3 Å². The Kier molecular flexibility index (Phi) is 8.24. The van der Waals surface area contributed by atoms with Gasteiger partial charge >= 0.3 is 12.0 Å². The number of fused-ring (bicyclic) bond motifs is 1. The SMILES string of the molecule is CCOC(=O)c1nn(-c2ccc(OC)cc2)c2c1CCN(c1ccc(-c3ccccc3CN(C)C(=O)NC)cc1)C2=O. The van der Waals surface area contributed by atoms with Crippen LogP contribution in [0.5, 0.6) is 5.75 Å². The number of hydrogen-bond donors (Lipinski definition) is 1. The van der Waals surface area contributed by atoms with Gasteiger partial charge in [0, 0.05) is 38.4 Å². The molecule has 0 unspecified atom stereocenters. The number of carbonyl (C=O) groups excluding carboxylic acids is 3. The van der Waals surface area contributed by atoms with E-state index in [0.717, 1.165) is 22.4 Å². The molecule has 0 spiro atoms. The van der Waals surface area contributed by atoms with Crippen molar-refractivity contribution in [2.24, 2.45) is 0 Å². The Bertz CT molecular complexity index is 1610. The molecule has 2 heterocycles. The largest absolute Gasteiger partial charge is 0.497 e. The molecule has 0 atom stereocenters. The Labute approximate surface area is 244 Å². The second-order valence-corrected chi connectivity index (χ2v) is 9.83. The number of ether oxygens (including phenoxy) is 2. The number of hydrogen-bond acceptors (Lipinski definition) is 6. The van der Waals surface area contributed by atoms with E-state index in [0.29, 0.717) is 42.2 Å². The van der Waals surface area contributed by atoms with Crippen molar-refractivity contribution in [3.05, 3.63) is 95.3 Å². The third kappa shape index (κ3) is 5.43. The number of benzene rings is 3. The zero-order chi connectivity index (χ0) is 29.8. The molecule has 0 fully saturated rings. The molecule has 1 aliphatic rings. The van der Waals surface area contributed by atoms with E-state index >= 15 is 0 Å². The van der Waals surface area contributed by atoms with Crippen molar-refractivity contribution in [3.8, 4) is 22.6 Å². The number of anilines is 1. The fraction of sp³-hybridized carbons (Fsp3) is 0.250. The smallest absolute Gasteiger partial charge is 0.359 e. The topological polar surface area (TPSA) is 106 Å². The van der Waals surface area contributed by atoms with Crippen LogP contribution >= 0.6 is 0 Å². The van der Waals surface area contributed by atoms with Crippen LogP contribution < -0.4 is 15.0 Å². The van der Waals surface area contributed by atoms with Crippen LogP contribution in [0, 0.1) is 0 Å². The summed E-state index contributed by atoms with van der Waals surface area (Å²) in [4.78, 5) is 42.1. The van der Waals surface area contributed by atoms with Crippen molar-refractivity contribution in [2.75, 3.05) is 39.3 Å². The van der Waals surface area contributed by atoms with Crippen molar-refractivity contribution in [3.63, 3.8) is 0 Å². The predicted octanol–water partition coefficient (Wildman–Crippen LogP) is 4.70. The number of carbonyl (C=O) groups is 3. The Balaban J connectivity index is 1.47. The molecule has 216 valence electrons. The first-order valence-corrected chi connectivity index (χ1v) is 13.7. The summed E-state index contributed by atoms with van der Waals surface area (Å²) in [6.45, 7) is 2.78. The summed E-state index contributed by atoms with van der Waals surface area (Å²) in [5.41, 5.74) is 5.41. The van der Waals surface area contributed by atoms with Crippen molar-refractivity contribution in [1.82, 2.24) is 20.0 Å². The van der Waals surface area contributed by atoms with Gasteiger partial charge in [0.05, 0.1) is 19.4 Å². The lowest BCUT2D eigenvalue weighted by atomic mass is 9.98. The first-order valence-electron chi connectivity index (χ1n) is 13.7. The summed E-state index contributed by atoms with van der Waals surface area (Å²) in [6.07, 6.45) is 0.446. The summed E-state index contributed by atoms with van der Waals surface area (Å²) in [7, 11) is 4.94. The van der Waals surface area contributed by atoms with Gasteiger partial charge in [-0.3, -0.25) is 4.79 Å². The zero-order valence-electron chi connectivity index (χ0n) is 24.1. The highest BCUT2D eigenvalue weighted by Gasteiger charge is 2.35. The average Bonchev–Trinajstić information content (AvgIpc) is 3.42. The molecular formula is C32H33N5O5. The van der Waals surface area contributed by atoms with Gasteiger partial charge in [0.25, 0.3) is 5.91 Å². The third-order valence-electron chi connectivity index (χ3n) is 7.28. The monoisotopic (exact) mass is 567 g/mol. The molecule has 0 saturated heterocycles. The fourth-order valence-electron chi connectivity index (χ4n) is 5.16. The first kappa shape index (κ1) is 28.4. The van der Waals surface area contributed by atoms with Crippen LogP contribution in [-0.2, 0) is 17.7 Å². The van der Waals surface area contributed by atoms with Gasteiger partial charge in [-0.2, -0.15) is 5.10 Å². The molecule has 10 heteroatoms. The third-order valence-corrected chi connectivity index (χ3v) is 7.28. The predicted molar refractivity (Wildman–Crippen MR) is 159 cm³/mol. The molecule has 3 aromatic carbocycles. The van der Waals surface area contributed by atoms with Gasteiger partial charge in [-0.15, -0.1) is 0 Å². The number of nitrogens with zero attached hydrogens (tertiary/aromatic N) is 4. The van der Waals surface area contributed by atoms with E-state index in [9.17, 15) is 14.4 Å². The molecule has 4 aromatic rings. The van der Waals surface area contributed by atoms with Gasteiger partial charge in [0.1, 0.15) is 11.4 Å². The zero-order valence-corrected chi connectivity index (χ0v) is 24.1. The molecule has 0 radical (unpaired) electrons. The highest BCUT2D eigenvalue weighted by Crippen LogP contribution is 2.32. The van der Waals surface area contributed by atoms with Crippen LogP contribution in [0.25, 0.3) is 16.8 Å². The summed E-state index contributed by atoms with van der Waals surface area (Å²) >= 11 is 0. The number of urea groups is 1. The lowest BCUT2D eigenvalue weighted by molar-refractivity contribution is 0.0517. The minimum Gasteiger partial charge on any atom is -0.497 e. The Hall–Kier alpha value is -5.12. The molecule has 3 amide bonds. The Morgan fingerprint density at radius 2 is 1.69 bits per heavy atom. The molecule has 0 saturated carbocycles. The van der Waals surface area contributed by atoms with Crippen molar-refractivity contribution < 1.29 is 23.9 Å². The highest BCUT2D eigenvalue weighted by atomic mass is 16.5. The maximum absolute atomic E-state index is 14.0. The van der Waals surface area contributed by atoms with Crippen molar-refractivity contribution >= 4 is 23.6 Å². The van der Waals surface area contributed by atoms with Crippen LogP contribution in [-0.4, -0.2) is 66.9 Å². The summed E-state index contributed by atoms with van der Waals surface area (Å²) < 4.78 is 12.0. The Morgan fingerprint density at radius 3 is 2.36 bits per heavy atom. The standard InChI is InChI=1S/C32H33N5O5/c1-5-42-31(39)28-27-18-19-36(30(38)29(27)37(34-28)24-14-16-25(41-4)17-15-24)23-12-10-21(11-13-23)26-9-7-6-8-22(26)20-35(3)32(40)33-2/h6-17H,5,18-20H2,1-4H3,(H,33,40). The molecule has 5 rings (SSSR count). The van der Waals surface area contributed by atoms with Crippen LogP contribution in [0.4, 0.5) is 10.5 Å². The number of esters is 1. The number of amides is 3. The summed E-state index contributed by atoms with van der Waals surface area (Å²) in [5.74, 6) is -0.136. The maximum atomic E-state index is 14.0. The van der Waals surface area contributed by atoms with E-state index < -0.39 is 5.97 Å². The molecule has 10 nitrogen and oxygen atoms in total. The van der Waals surface area contributed by atoms with Crippen molar-refractivity contribution in [1.29, 1.82) is 0 Å². The van der Waals surface area contributed by atoms with E-state index in [1.54, 1.807) is 62.2 Å².